The van der Waals surface area contributed by atoms with Gasteiger partial charge >= 0.3 is 158 Å². The van der Waals surface area contributed by atoms with Gasteiger partial charge in [-0.05, 0) is 0 Å². The van der Waals surface area contributed by atoms with Crippen LogP contribution in [-0.4, -0.2) is 30.6 Å². The van der Waals surface area contributed by atoms with E-state index in [2.05, 4.69) is 4.98 Å². The summed E-state index contributed by atoms with van der Waals surface area (Å²) in [5.41, 5.74) is 0.292. The normalized spacial score (nSPS) is 11.2. The van der Waals surface area contributed by atoms with Crippen LogP contribution in [0, 0.1) is 18.3 Å². The summed E-state index contributed by atoms with van der Waals surface area (Å²) in [5.74, 6) is -1.04. The second-order valence-electron chi connectivity index (χ2n) is 5.65. The van der Waals surface area contributed by atoms with Crippen molar-refractivity contribution < 1.29 is 23.1 Å². The number of carboxylic acids is 1. The summed E-state index contributed by atoms with van der Waals surface area (Å²) < 4.78 is 40.6. The number of rotatable bonds is 3. The Balaban J connectivity index is 2.14. The van der Waals surface area contributed by atoms with E-state index >= 15 is 0 Å². The Labute approximate surface area is 158 Å². The fourth-order valence-corrected chi connectivity index (χ4v) is 4.58. The molecule has 0 radical (unpaired) electrons. The van der Waals surface area contributed by atoms with Gasteiger partial charge in [-0.1, -0.05) is 0 Å². The summed E-state index contributed by atoms with van der Waals surface area (Å²) in [6.07, 6.45) is -4.54. The molecule has 0 unspecified atom stereocenters. The van der Waals surface area contributed by atoms with E-state index in [0.717, 1.165) is 6.07 Å². The molecule has 0 atom stereocenters. The van der Waals surface area contributed by atoms with Gasteiger partial charge in [0, 0.05) is 0 Å². The Hall–Kier alpha value is -2.88. The van der Waals surface area contributed by atoms with E-state index in [4.69, 9.17) is 0 Å². The van der Waals surface area contributed by atoms with Crippen molar-refractivity contribution in [1.29, 1.82) is 5.26 Å². The predicted molar refractivity (Wildman–Crippen MR) is 93.5 cm³/mol. The number of nitrogens with zero attached hydrogens (tertiary/aromatic N) is 2. The molecule has 0 fully saturated rings. The first-order valence-electron chi connectivity index (χ1n) is 7.64. The number of benzene rings is 2. The van der Waals surface area contributed by atoms with Gasteiger partial charge in [-0.15, -0.1) is 0 Å². The van der Waals surface area contributed by atoms with E-state index < -0.39 is 32.2 Å². The molecule has 1 aromatic heterocycles. The van der Waals surface area contributed by atoms with Gasteiger partial charge in [-0.25, -0.2) is 0 Å². The first-order chi connectivity index (χ1) is 12.7. The number of aryl methyl sites for hydroxylation is 1. The minimum atomic E-state index is -4.54. The van der Waals surface area contributed by atoms with Crippen LogP contribution in [0.25, 0.3) is 21.3 Å². The van der Waals surface area contributed by atoms with Crippen LogP contribution >= 0.6 is 0 Å². The molecular formula is C19H11F3N2O2Se. The number of carboxylic acid groups (broad SMARTS) is 1. The second kappa shape index (κ2) is 7.03. The van der Waals surface area contributed by atoms with Crippen molar-refractivity contribution in [1.82, 2.24) is 4.98 Å². The van der Waals surface area contributed by atoms with Crippen molar-refractivity contribution in [3.63, 3.8) is 0 Å². The molecule has 4 nitrogen and oxygen atoms in total. The van der Waals surface area contributed by atoms with E-state index in [1.54, 1.807) is 13.0 Å². The molecule has 0 bridgehead atoms. The first kappa shape index (κ1) is 18.9. The molecule has 0 aliphatic rings. The Morgan fingerprint density at radius 3 is 2.48 bits per heavy atom. The van der Waals surface area contributed by atoms with Gasteiger partial charge in [0.2, 0.25) is 0 Å². The Morgan fingerprint density at radius 1 is 1.19 bits per heavy atom. The minimum absolute atomic E-state index is 0.0733. The van der Waals surface area contributed by atoms with E-state index in [1.807, 2.05) is 6.07 Å². The Morgan fingerprint density at radius 2 is 1.89 bits per heavy atom. The van der Waals surface area contributed by atoms with Gasteiger partial charge in [0.15, 0.2) is 0 Å². The molecule has 0 saturated heterocycles. The summed E-state index contributed by atoms with van der Waals surface area (Å²) in [5, 5.41) is 18.6. The van der Waals surface area contributed by atoms with Gasteiger partial charge in [0.05, 0.1) is 0 Å². The van der Waals surface area contributed by atoms with E-state index in [1.165, 1.54) is 30.3 Å². The van der Waals surface area contributed by atoms with Gasteiger partial charge in [0.25, 0.3) is 0 Å². The van der Waals surface area contributed by atoms with Crippen LogP contribution in [-0.2, 0) is 6.18 Å². The van der Waals surface area contributed by atoms with Crippen LogP contribution < -0.4 is 0 Å². The van der Waals surface area contributed by atoms with Crippen molar-refractivity contribution in [2.75, 3.05) is 0 Å². The van der Waals surface area contributed by atoms with E-state index in [-0.39, 0.29) is 21.1 Å². The van der Waals surface area contributed by atoms with Gasteiger partial charge in [0.1, 0.15) is 0 Å². The average molecular weight is 435 g/mol. The van der Waals surface area contributed by atoms with Gasteiger partial charge in [-0.3, -0.25) is 0 Å². The number of hydrogen-bond donors (Lipinski definition) is 1. The van der Waals surface area contributed by atoms with Crippen LogP contribution in [0.1, 0.15) is 26.1 Å². The molecule has 3 aromatic rings. The molecule has 1 heterocycles. The van der Waals surface area contributed by atoms with Gasteiger partial charge in [-0.2, -0.15) is 0 Å². The summed E-state index contributed by atoms with van der Waals surface area (Å²) >= 11 is -0.534. The summed E-state index contributed by atoms with van der Waals surface area (Å²) in [4.78, 5) is 15.5. The third-order valence-corrected chi connectivity index (χ3v) is 6.41. The van der Waals surface area contributed by atoms with Crippen molar-refractivity contribution in [3.05, 3.63) is 63.7 Å². The average Bonchev–Trinajstić information content (AvgIpc) is 3.02. The molecular weight excluding hydrogens is 424 g/mol. The number of aromatic carboxylic acids is 1. The molecule has 2 aromatic carbocycles. The number of hydrogen-bond acceptors (Lipinski definition) is 3. The first-order valence-corrected chi connectivity index (χ1v) is 9.35. The third kappa shape index (κ3) is 3.65. The quantitative estimate of drug-likeness (QED) is 0.621. The zero-order valence-corrected chi connectivity index (χ0v) is 15.5. The number of aromatic nitrogens is 1. The molecule has 136 valence electrons. The molecule has 3 rings (SSSR count). The molecule has 0 spiro atoms. The number of carbonyl (C=O) groups is 1. The number of alkyl halides is 3. The van der Waals surface area contributed by atoms with Crippen LogP contribution in [0.5, 0.6) is 0 Å². The summed E-state index contributed by atoms with van der Waals surface area (Å²) in [6.45, 7) is 1.59. The standard InChI is InChI=1S/C19H11F3N2O2Se/c1-10-16(18(25)26)27-17(24-10)11-6-7-13(12(8-11)9-23)14-4-2-3-5-15(14)19(20,21)22/h2-8H,1H3,(H,25,26). The van der Waals surface area contributed by atoms with Crippen LogP contribution in [0.4, 0.5) is 13.2 Å². The molecule has 8 heteroatoms. The van der Waals surface area contributed by atoms with E-state index in [9.17, 15) is 28.3 Å². The molecule has 1 N–H and O–H groups in total. The van der Waals surface area contributed by atoms with Gasteiger partial charge < -0.3 is 0 Å². The second-order valence-corrected chi connectivity index (χ2v) is 7.75. The Bertz CT molecular complexity index is 1080. The topological polar surface area (TPSA) is 74.0 Å². The maximum absolute atomic E-state index is 13.3. The SMILES string of the molecule is Cc1nc(-c2ccc(-c3ccccc3C(F)(F)F)c(C#N)c2)[se]c1C(=O)O. The van der Waals surface area contributed by atoms with Crippen molar-refractivity contribution in [2.45, 2.75) is 13.1 Å². The maximum atomic E-state index is 13.3. The van der Waals surface area contributed by atoms with Crippen molar-refractivity contribution in [3.8, 4) is 27.3 Å². The van der Waals surface area contributed by atoms with Crippen LogP contribution in [0.15, 0.2) is 42.5 Å². The monoisotopic (exact) mass is 436 g/mol. The van der Waals surface area contributed by atoms with Crippen LogP contribution in [0.2, 0.25) is 0 Å². The van der Waals surface area contributed by atoms with Crippen molar-refractivity contribution in [2.24, 2.45) is 0 Å². The molecule has 0 saturated carbocycles. The molecule has 0 aliphatic carbocycles. The molecule has 0 aliphatic heterocycles. The van der Waals surface area contributed by atoms with Crippen LogP contribution in [0.3, 0.4) is 0 Å². The fraction of sp³-hybridized carbons (Fsp3) is 0.105. The zero-order chi connectivity index (χ0) is 19.8. The fourth-order valence-electron chi connectivity index (χ4n) is 2.69. The van der Waals surface area contributed by atoms with E-state index in [0.29, 0.717) is 15.8 Å². The Kier molecular flexibility index (Phi) is 4.92. The number of halogens is 3. The summed E-state index contributed by atoms with van der Waals surface area (Å²) in [7, 11) is 0. The number of nitriles is 1. The zero-order valence-electron chi connectivity index (χ0n) is 13.8. The predicted octanol–water partition coefficient (Wildman–Crippen LogP) is 4.37. The van der Waals surface area contributed by atoms with Crippen molar-refractivity contribution >= 4 is 20.5 Å². The molecule has 27 heavy (non-hydrogen) atoms. The molecule has 0 amide bonds. The summed E-state index contributed by atoms with van der Waals surface area (Å²) in [6, 6.07) is 11.5. The third-order valence-electron chi connectivity index (χ3n) is 3.90.